The van der Waals surface area contributed by atoms with Crippen LogP contribution in [0.25, 0.3) is 0 Å². The molecule has 0 saturated carbocycles. The number of morpholine rings is 1. The topological polar surface area (TPSA) is 84.5 Å². The number of aromatic amines is 2. The Hall–Kier alpha value is -1.83. The van der Waals surface area contributed by atoms with Gasteiger partial charge in [-0.05, 0) is 49.0 Å². The van der Waals surface area contributed by atoms with Crippen molar-refractivity contribution in [2.45, 2.75) is 44.4 Å². The van der Waals surface area contributed by atoms with E-state index in [-0.39, 0.29) is 6.10 Å². The monoisotopic (exact) mass is 391 g/mol. The number of ether oxygens (including phenoxy) is 1. The molecule has 2 aliphatic rings. The first-order valence-corrected chi connectivity index (χ1v) is 10.1. The lowest BCUT2D eigenvalue weighted by molar-refractivity contribution is -0.346. The summed E-state index contributed by atoms with van der Waals surface area (Å²) in [5.74, 6) is 1.33. The van der Waals surface area contributed by atoms with Gasteiger partial charge >= 0.3 is 11.9 Å². The Labute approximate surface area is 164 Å². The van der Waals surface area contributed by atoms with Gasteiger partial charge < -0.3 is 10.5 Å². The fourth-order valence-electron chi connectivity index (χ4n) is 4.23. The van der Waals surface area contributed by atoms with Crippen LogP contribution in [-0.2, 0) is 11.2 Å². The van der Waals surface area contributed by atoms with Crippen LogP contribution in [0.2, 0.25) is 5.02 Å². The van der Waals surface area contributed by atoms with Crippen LogP contribution < -0.4 is 15.6 Å². The van der Waals surface area contributed by atoms with Crippen LogP contribution in [0.5, 0.6) is 0 Å². The van der Waals surface area contributed by atoms with Crippen LogP contribution in [0.4, 0.5) is 11.9 Å². The van der Waals surface area contributed by atoms with Crippen LogP contribution in [-0.4, -0.2) is 59.5 Å². The maximum Gasteiger partial charge on any atom is 0.348 e. The fraction of sp³-hybridized carbons (Fsp3) is 0.579. The molecule has 146 valence electrons. The minimum absolute atomic E-state index is 0.281. The van der Waals surface area contributed by atoms with Gasteiger partial charge in [-0.2, -0.15) is 5.10 Å². The fourth-order valence-corrected chi connectivity index (χ4v) is 4.36. The Morgan fingerprint density at radius 2 is 2.04 bits per heavy atom. The molecule has 3 heterocycles. The van der Waals surface area contributed by atoms with E-state index in [1.165, 1.54) is 5.56 Å². The standard InChI is InChI=1S/C19H27ClN6O/c1-13-11-26(17(12-27-13)10-14-2-4-15(20)5-3-14)16-6-8-25(9-7-16)19-22-18(21)23-24-19/h2-5,13,16-17H,6-12H2,1H3,(H3,21,22,23,24)/p+1. The third-order valence-corrected chi connectivity index (χ3v) is 5.91. The predicted molar refractivity (Wildman–Crippen MR) is 106 cm³/mol. The van der Waals surface area contributed by atoms with Gasteiger partial charge in [0.25, 0.3) is 0 Å². The normalized spacial score (nSPS) is 25.0. The highest BCUT2D eigenvalue weighted by molar-refractivity contribution is 6.30. The van der Waals surface area contributed by atoms with Crippen LogP contribution in [0.1, 0.15) is 25.3 Å². The van der Waals surface area contributed by atoms with Crippen molar-refractivity contribution in [3.63, 3.8) is 0 Å². The summed E-state index contributed by atoms with van der Waals surface area (Å²) >= 11 is 6.03. The molecule has 0 bridgehead atoms. The van der Waals surface area contributed by atoms with Crippen LogP contribution in [0, 0.1) is 0 Å². The van der Waals surface area contributed by atoms with E-state index in [4.69, 9.17) is 22.1 Å². The minimum atomic E-state index is 0.281. The van der Waals surface area contributed by atoms with Gasteiger partial charge in [-0.15, -0.1) is 0 Å². The number of hydrogen-bond donors (Lipinski definition) is 2. The predicted octanol–water partition coefficient (Wildman–Crippen LogP) is 1.76. The molecule has 1 aromatic carbocycles. The number of aromatic nitrogens is 3. The van der Waals surface area contributed by atoms with Crippen molar-refractivity contribution < 1.29 is 9.72 Å². The summed E-state index contributed by atoms with van der Waals surface area (Å²) in [7, 11) is 0. The minimum Gasteiger partial charge on any atom is -0.376 e. The van der Waals surface area contributed by atoms with Gasteiger partial charge in [0.1, 0.15) is 0 Å². The lowest BCUT2D eigenvalue weighted by atomic mass is 9.96. The van der Waals surface area contributed by atoms with Gasteiger partial charge in [-0.3, -0.25) is 9.80 Å². The van der Waals surface area contributed by atoms with Gasteiger partial charge in [0.05, 0.1) is 12.7 Å². The van der Waals surface area contributed by atoms with Gasteiger partial charge in [-0.1, -0.05) is 23.7 Å². The number of piperidine rings is 1. The van der Waals surface area contributed by atoms with E-state index in [9.17, 15) is 0 Å². The number of nitrogens with one attached hydrogen (secondary N) is 2. The highest BCUT2D eigenvalue weighted by atomic mass is 35.5. The molecule has 4 N–H and O–H groups in total. The van der Waals surface area contributed by atoms with Crippen molar-refractivity contribution in [3.05, 3.63) is 34.9 Å². The zero-order valence-corrected chi connectivity index (χ0v) is 16.5. The third-order valence-electron chi connectivity index (χ3n) is 5.66. The van der Waals surface area contributed by atoms with Gasteiger partial charge in [0.15, 0.2) is 0 Å². The van der Waals surface area contributed by atoms with Crippen molar-refractivity contribution in [3.8, 4) is 0 Å². The van der Waals surface area contributed by atoms with Crippen molar-refractivity contribution in [2.75, 3.05) is 36.9 Å². The summed E-state index contributed by atoms with van der Waals surface area (Å²) in [5.41, 5.74) is 7.03. The average Bonchev–Trinajstić information content (AvgIpc) is 3.11. The van der Waals surface area contributed by atoms with Crippen LogP contribution in [0.3, 0.4) is 0 Å². The molecule has 2 unspecified atom stereocenters. The Kier molecular flexibility index (Phi) is 5.52. The lowest BCUT2D eigenvalue weighted by Crippen LogP contribution is -2.57. The average molecular weight is 392 g/mol. The zero-order chi connectivity index (χ0) is 18.8. The molecule has 7 nitrogen and oxygen atoms in total. The Balaban J connectivity index is 1.41. The van der Waals surface area contributed by atoms with Crippen LogP contribution in [0.15, 0.2) is 24.3 Å². The molecular weight excluding hydrogens is 364 g/mol. The van der Waals surface area contributed by atoms with Crippen molar-refractivity contribution in [1.82, 2.24) is 15.1 Å². The maximum atomic E-state index is 6.03. The Morgan fingerprint density at radius 3 is 2.70 bits per heavy atom. The molecule has 0 amide bonds. The molecule has 0 radical (unpaired) electrons. The highest BCUT2D eigenvalue weighted by Gasteiger charge is 2.35. The van der Waals surface area contributed by atoms with E-state index < -0.39 is 0 Å². The first-order chi connectivity index (χ1) is 13.1. The zero-order valence-electron chi connectivity index (χ0n) is 15.7. The number of nitrogens with zero attached hydrogens (tertiary/aromatic N) is 3. The Morgan fingerprint density at radius 1 is 1.30 bits per heavy atom. The Bertz CT molecular complexity index is 743. The van der Waals surface area contributed by atoms with E-state index in [1.807, 2.05) is 12.1 Å². The maximum absolute atomic E-state index is 6.03. The molecule has 2 aromatic rings. The molecule has 8 heteroatoms. The molecule has 0 aliphatic carbocycles. The van der Waals surface area contributed by atoms with E-state index >= 15 is 0 Å². The highest BCUT2D eigenvalue weighted by Crippen LogP contribution is 2.26. The number of rotatable bonds is 4. The summed E-state index contributed by atoms with van der Waals surface area (Å²) in [6.45, 7) is 5.90. The molecule has 0 spiro atoms. The number of benzene rings is 1. The molecule has 2 saturated heterocycles. The summed E-state index contributed by atoms with van der Waals surface area (Å²) in [4.78, 5) is 8.02. The molecule has 27 heavy (non-hydrogen) atoms. The van der Waals surface area contributed by atoms with Crippen molar-refractivity contribution in [1.29, 1.82) is 0 Å². The summed E-state index contributed by atoms with van der Waals surface area (Å²) in [5, 5.41) is 7.81. The quantitative estimate of drug-likeness (QED) is 0.829. The van der Waals surface area contributed by atoms with Crippen molar-refractivity contribution >= 4 is 23.5 Å². The van der Waals surface area contributed by atoms with E-state index in [0.717, 1.165) is 56.5 Å². The first-order valence-electron chi connectivity index (χ1n) is 9.68. The largest absolute Gasteiger partial charge is 0.376 e. The second-order valence-electron chi connectivity index (χ2n) is 7.63. The second kappa shape index (κ2) is 8.04. The second-order valence-corrected chi connectivity index (χ2v) is 8.07. The molecule has 1 aromatic heterocycles. The lowest BCUT2D eigenvalue weighted by Gasteiger charge is -2.45. The molecule has 4 rings (SSSR count). The van der Waals surface area contributed by atoms with Gasteiger partial charge in [0.2, 0.25) is 0 Å². The molecule has 2 atom stereocenters. The number of H-pyrrole nitrogens is 2. The smallest absolute Gasteiger partial charge is 0.348 e. The summed E-state index contributed by atoms with van der Waals surface area (Å²) in [6, 6.07) is 9.17. The number of halogens is 1. The third kappa shape index (κ3) is 4.36. The van der Waals surface area contributed by atoms with E-state index in [1.54, 1.807) is 0 Å². The molecule has 2 fully saturated rings. The summed E-state index contributed by atoms with van der Waals surface area (Å²) < 4.78 is 5.99. The van der Waals surface area contributed by atoms with Crippen molar-refractivity contribution in [2.24, 2.45) is 0 Å². The van der Waals surface area contributed by atoms with Crippen LogP contribution >= 0.6 is 11.6 Å². The first kappa shape index (κ1) is 18.5. The number of nitrogens with two attached hydrogens (primary N) is 1. The number of nitrogen functional groups attached to an aromatic ring is 1. The SMILES string of the molecule is CC1CN(C2CCN(c3n[nH]c(N)[nH+]3)CC2)C(Cc2ccc(Cl)cc2)CO1. The molecule has 2 aliphatic heterocycles. The number of hydrogen-bond acceptors (Lipinski definition) is 5. The van der Waals surface area contributed by atoms with Gasteiger partial charge in [0, 0.05) is 36.7 Å². The molecular formula is C19H28ClN6O+. The van der Waals surface area contributed by atoms with Gasteiger partial charge in [-0.25, -0.2) is 4.98 Å². The van der Waals surface area contributed by atoms with E-state index in [0.29, 0.717) is 18.0 Å². The summed E-state index contributed by atoms with van der Waals surface area (Å²) in [6.07, 6.45) is 3.51. The van der Waals surface area contributed by atoms with E-state index in [2.05, 4.69) is 44.0 Å². The number of anilines is 2.